The van der Waals surface area contributed by atoms with Gasteiger partial charge in [-0.2, -0.15) is 0 Å². The van der Waals surface area contributed by atoms with E-state index in [4.69, 9.17) is 4.42 Å². The maximum absolute atomic E-state index is 12.5. The topological polar surface area (TPSA) is 112 Å². The molecule has 172 valence electrons. The number of aromatic nitrogens is 1. The number of rotatable bonds is 9. The molecule has 1 fully saturated rings. The third-order valence-corrected chi connectivity index (χ3v) is 5.50. The van der Waals surface area contributed by atoms with Crippen molar-refractivity contribution in [3.63, 3.8) is 0 Å². The summed E-state index contributed by atoms with van der Waals surface area (Å²) in [5.74, 6) is 1.05. The van der Waals surface area contributed by atoms with E-state index in [1.54, 1.807) is 13.2 Å². The Kier molecular flexibility index (Phi) is 7.50. The SMILES string of the molecule is CCNC(=NCc1coc(-c2ccc(C)cc2)n1)NCCCN1C(=O)NC(C)(CC)C1=O. The Morgan fingerprint density at radius 1 is 1.22 bits per heavy atom. The number of guanidine groups is 1. The van der Waals surface area contributed by atoms with Crippen molar-refractivity contribution in [3.8, 4) is 11.5 Å². The maximum Gasteiger partial charge on any atom is 0.325 e. The van der Waals surface area contributed by atoms with E-state index in [1.165, 1.54) is 10.5 Å². The van der Waals surface area contributed by atoms with E-state index < -0.39 is 5.54 Å². The molecule has 1 atom stereocenters. The molecule has 0 spiro atoms. The third-order valence-electron chi connectivity index (χ3n) is 5.50. The number of urea groups is 1. The van der Waals surface area contributed by atoms with Crippen LogP contribution in [0.4, 0.5) is 4.79 Å². The molecule has 2 aromatic rings. The quantitative estimate of drug-likeness (QED) is 0.239. The van der Waals surface area contributed by atoms with Gasteiger partial charge in [-0.25, -0.2) is 14.8 Å². The predicted octanol–water partition coefficient (Wildman–Crippen LogP) is 2.82. The predicted molar refractivity (Wildman–Crippen MR) is 123 cm³/mol. The first-order chi connectivity index (χ1) is 15.4. The van der Waals surface area contributed by atoms with E-state index in [9.17, 15) is 9.59 Å². The fraction of sp³-hybridized carbons (Fsp3) is 0.478. The van der Waals surface area contributed by atoms with Crippen LogP contribution < -0.4 is 16.0 Å². The standard InChI is InChI=1S/C23H32N6O3/c1-5-23(4)20(30)29(22(31)28-23)13-7-12-25-21(24-6-2)26-14-18-15-32-19(27-18)17-10-8-16(3)9-11-17/h8-11,15H,5-7,12-14H2,1-4H3,(H,28,31)(H2,24,25,26). The number of carbonyl (C=O) groups excluding carboxylic acids is 2. The first-order valence-corrected chi connectivity index (χ1v) is 11.0. The molecule has 2 heterocycles. The lowest BCUT2D eigenvalue weighted by molar-refractivity contribution is -0.130. The van der Waals surface area contributed by atoms with Crippen LogP contribution in [0.5, 0.6) is 0 Å². The van der Waals surface area contributed by atoms with E-state index in [2.05, 4.69) is 25.9 Å². The van der Waals surface area contributed by atoms with Crippen LogP contribution in [0.25, 0.3) is 11.5 Å². The molecule has 0 saturated carbocycles. The van der Waals surface area contributed by atoms with Crippen LogP contribution >= 0.6 is 0 Å². The Bertz CT molecular complexity index is 968. The molecule has 9 heteroatoms. The van der Waals surface area contributed by atoms with Crippen molar-refractivity contribution in [1.29, 1.82) is 0 Å². The summed E-state index contributed by atoms with van der Waals surface area (Å²) in [5, 5.41) is 9.19. The average molecular weight is 441 g/mol. The van der Waals surface area contributed by atoms with Gasteiger partial charge < -0.3 is 20.4 Å². The lowest BCUT2D eigenvalue weighted by atomic mass is 9.99. The first kappa shape index (κ1) is 23.3. The Morgan fingerprint density at radius 3 is 2.62 bits per heavy atom. The summed E-state index contributed by atoms with van der Waals surface area (Å²) in [6.45, 7) is 9.68. The smallest absolute Gasteiger partial charge is 0.325 e. The summed E-state index contributed by atoms with van der Waals surface area (Å²) in [4.78, 5) is 34.9. The number of nitrogens with one attached hydrogen (secondary N) is 3. The average Bonchev–Trinajstić information content (AvgIpc) is 3.33. The number of benzene rings is 1. The molecule has 32 heavy (non-hydrogen) atoms. The summed E-state index contributed by atoms with van der Waals surface area (Å²) in [5.41, 5.74) is 2.04. The Morgan fingerprint density at radius 2 is 1.97 bits per heavy atom. The zero-order chi connectivity index (χ0) is 23.1. The minimum absolute atomic E-state index is 0.166. The first-order valence-electron chi connectivity index (χ1n) is 11.0. The van der Waals surface area contributed by atoms with Gasteiger partial charge in [0, 0.05) is 25.2 Å². The highest BCUT2D eigenvalue weighted by molar-refractivity contribution is 6.06. The Balaban J connectivity index is 1.51. The zero-order valence-electron chi connectivity index (χ0n) is 19.2. The minimum Gasteiger partial charge on any atom is -0.444 e. The van der Waals surface area contributed by atoms with Gasteiger partial charge in [-0.05, 0) is 45.7 Å². The van der Waals surface area contributed by atoms with Crippen molar-refractivity contribution in [3.05, 3.63) is 41.8 Å². The number of aryl methyl sites for hydroxylation is 1. The fourth-order valence-corrected chi connectivity index (χ4v) is 3.34. The molecule has 0 radical (unpaired) electrons. The lowest BCUT2D eigenvalue weighted by Gasteiger charge is -2.19. The molecule has 3 amide bonds. The van der Waals surface area contributed by atoms with Crippen LogP contribution in [-0.4, -0.2) is 53.0 Å². The number of nitrogens with zero attached hydrogens (tertiary/aromatic N) is 3. The largest absolute Gasteiger partial charge is 0.444 e. The third kappa shape index (κ3) is 5.46. The van der Waals surface area contributed by atoms with Gasteiger partial charge in [-0.1, -0.05) is 24.6 Å². The molecule has 1 saturated heterocycles. The number of oxazole rings is 1. The Labute approximate surface area is 188 Å². The number of carbonyl (C=O) groups is 2. The molecule has 0 aliphatic carbocycles. The normalized spacial score (nSPS) is 18.8. The van der Waals surface area contributed by atoms with E-state index in [0.29, 0.717) is 50.9 Å². The van der Waals surface area contributed by atoms with Gasteiger partial charge in [0.2, 0.25) is 5.89 Å². The molecule has 1 aromatic heterocycles. The monoisotopic (exact) mass is 440 g/mol. The van der Waals surface area contributed by atoms with Crippen LogP contribution in [0, 0.1) is 6.92 Å². The molecular weight excluding hydrogens is 408 g/mol. The summed E-state index contributed by atoms with van der Waals surface area (Å²) in [6.07, 6.45) is 2.80. The van der Waals surface area contributed by atoms with E-state index in [0.717, 1.165) is 11.3 Å². The summed E-state index contributed by atoms with van der Waals surface area (Å²) >= 11 is 0. The van der Waals surface area contributed by atoms with Gasteiger partial charge in [0.05, 0.1) is 6.54 Å². The Hall–Kier alpha value is -3.36. The molecule has 1 aromatic carbocycles. The van der Waals surface area contributed by atoms with Crippen molar-refractivity contribution in [2.24, 2.45) is 4.99 Å². The number of hydrogen-bond acceptors (Lipinski definition) is 5. The van der Waals surface area contributed by atoms with Gasteiger partial charge in [0.15, 0.2) is 5.96 Å². The highest BCUT2D eigenvalue weighted by Gasteiger charge is 2.45. The number of imide groups is 1. The van der Waals surface area contributed by atoms with Gasteiger partial charge in [-0.3, -0.25) is 9.69 Å². The fourth-order valence-electron chi connectivity index (χ4n) is 3.34. The van der Waals surface area contributed by atoms with Gasteiger partial charge >= 0.3 is 6.03 Å². The van der Waals surface area contributed by atoms with Crippen LogP contribution in [0.1, 0.15) is 44.9 Å². The highest BCUT2D eigenvalue weighted by atomic mass is 16.3. The second-order valence-corrected chi connectivity index (χ2v) is 8.06. The van der Waals surface area contributed by atoms with Crippen LogP contribution in [0.15, 0.2) is 39.9 Å². The summed E-state index contributed by atoms with van der Waals surface area (Å²) < 4.78 is 5.59. The molecule has 1 aliphatic heterocycles. The van der Waals surface area contributed by atoms with Crippen molar-refractivity contribution < 1.29 is 14.0 Å². The van der Waals surface area contributed by atoms with Gasteiger partial charge in [0.1, 0.15) is 17.5 Å². The highest BCUT2D eigenvalue weighted by Crippen LogP contribution is 2.21. The molecule has 3 rings (SSSR count). The summed E-state index contributed by atoms with van der Waals surface area (Å²) in [6, 6.07) is 7.68. The molecule has 1 aliphatic rings. The minimum atomic E-state index is -0.796. The van der Waals surface area contributed by atoms with Crippen molar-refractivity contribution in [1.82, 2.24) is 25.8 Å². The number of aliphatic imine (C=N–C) groups is 1. The van der Waals surface area contributed by atoms with Gasteiger partial charge in [-0.15, -0.1) is 0 Å². The number of hydrogen-bond donors (Lipinski definition) is 3. The zero-order valence-corrected chi connectivity index (χ0v) is 19.2. The van der Waals surface area contributed by atoms with Crippen molar-refractivity contribution in [2.75, 3.05) is 19.6 Å². The summed E-state index contributed by atoms with van der Waals surface area (Å²) in [7, 11) is 0. The molecule has 3 N–H and O–H groups in total. The van der Waals surface area contributed by atoms with Crippen molar-refractivity contribution >= 4 is 17.9 Å². The number of amides is 3. The van der Waals surface area contributed by atoms with Crippen LogP contribution in [-0.2, 0) is 11.3 Å². The second kappa shape index (κ2) is 10.3. The van der Waals surface area contributed by atoms with Crippen molar-refractivity contribution in [2.45, 2.75) is 52.6 Å². The lowest BCUT2D eigenvalue weighted by Crippen LogP contribution is -2.43. The van der Waals surface area contributed by atoms with E-state index in [-0.39, 0.29) is 11.9 Å². The molecule has 9 nitrogen and oxygen atoms in total. The van der Waals surface area contributed by atoms with E-state index in [1.807, 2.05) is 45.0 Å². The molecule has 1 unspecified atom stereocenters. The molecular formula is C23H32N6O3. The maximum atomic E-state index is 12.5. The second-order valence-electron chi connectivity index (χ2n) is 8.06. The molecule has 0 bridgehead atoms. The van der Waals surface area contributed by atoms with Crippen LogP contribution in [0.3, 0.4) is 0 Å². The van der Waals surface area contributed by atoms with Crippen LogP contribution in [0.2, 0.25) is 0 Å². The van der Waals surface area contributed by atoms with Gasteiger partial charge in [0.25, 0.3) is 5.91 Å². The van der Waals surface area contributed by atoms with E-state index >= 15 is 0 Å².